The maximum absolute atomic E-state index is 4.67. The summed E-state index contributed by atoms with van der Waals surface area (Å²) in [6.07, 6.45) is 9.69. The Hall–Kier alpha value is -2.01. The molecule has 1 aliphatic heterocycles. The molecule has 1 aromatic carbocycles. The largest absolute Gasteiger partial charge is 0.364 e. The molecule has 3 atom stereocenters. The molecule has 1 N–H and O–H groups in total. The summed E-state index contributed by atoms with van der Waals surface area (Å²) < 4.78 is 2.22. The average molecular weight is 336 g/mol. The van der Waals surface area contributed by atoms with Crippen molar-refractivity contribution in [3.8, 4) is 0 Å². The van der Waals surface area contributed by atoms with Gasteiger partial charge in [0, 0.05) is 29.6 Å². The number of fused-ring (bicyclic) bond motifs is 1. The summed E-state index contributed by atoms with van der Waals surface area (Å²) in [6.45, 7) is 0. The van der Waals surface area contributed by atoms with Crippen LogP contribution in [0.2, 0.25) is 0 Å². The molecular weight excluding hydrogens is 316 g/mol. The molecule has 4 nitrogen and oxygen atoms in total. The van der Waals surface area contributed by atoms with Gasteiger partial charge in [0.25, 0.3) is 0 Å². The number of nitrogens with one attached hydrogen (secondary N) is 1. The van der Waals surface area contributed by atoms with E-state index in [9.17, 15) is 0 Å². The molecule has 0 spiro atoms. The van der Waals surface area contributed by atoms with E-state index in [1.54, 1.807) is 0 Å². The number of aromatic nitrogens is 3. The normalized spacial score (nSPS) is 25.9. The highest BCUT2D eigenvalue weighted by atomic mass is 32.2. The quantitative estimate of drug-likeness (QED) is 0.773. The van der Waals surface area contributed by atoms with E-state index in [1.807, 2.05) is 30.4 Å². The fraction of sp³-hybridized carbons (Fsp3) is 0.368. The summed E-state index contributed by atoms with van der Waals surface area (Å²) in [4.78, 5) is 9.22. The topological polar surface area (TPSA) is 42.2 Å². The number of hydrogen-bond donors (Lipinski definition) is 1. The van der Waals surface area contributed by atoms with Crippen molar-refractivity contribution in [3.63, 3.8) is 0 Å². The van der Waals surface area contributed by atoms with Gasteiger partial charge in [-0.05, 0) is 30.6 Å². The van der Waals surface area contributed by atoms with E-state index >= 15 is 0 Å². The van der Waals surface area contributed by atoms with Crippen LogP contribution in [-0.2, 0) is 0 Å². The predicted molar refractivity (Wildman–Crippen MR) is 98.6 cm³/mol. The highest BCUT2D eigenvalue weighted by Crippen LogP contribution is 2.43. The number of hydrogen-bond acceptors (Lipinski definition) is 4. The van der Waals surface area contributed by atoms with E-state index < -0.39 is 0 Å². The molecule has 2 aliphatic rings. The molecule has 1 saturated heterocycles. The Labute approximate surface area is 145 Å². The zero-order valence-electron chi connectivity index (χ0n) is 13.4. The van der Waals surface area contributed by atoms with Crippen LogP contribution >= 0.6 is 11.8 Å². The maximum atomic E-state index is 4.67. The third-order valence-electron chi connectivity index (χ3n) is 5.06. The first-order chi connectivity index (χ1) is 11.9. The van der Waals surface area contributed by atoms with E-state index in [2.05, 4.69) is 50.0 Å². The Morgan fingerprint density at radius 3 is 2.92 bits per heavy atom. The molecule has 2 fully saturated rings. The Morgan fingerprint density at radius 2 is 2.08 bits per heavy atom. The van der Waals surface area contributed by atoms with Crippen molar-refractivity contribution in [2.45, 2.75) is 36.5 Å². The zero-order chi connectivity index (χ0) is 15.9. The number of rotatable bonds is 4. The average Bonchev–Trinajstić information content (AvgIpc) is 3.01. The molecule has 0 amide bonds. The van der Waals surface area contributed by atoms with Crippen molar-refractivity contribution in [1.29, 1.82) is 0 Å². The third kappa shape index (κ3) is 2.47. The van der Waals surface area contributed by atoms with Crippen LogP contribution in [0.5, 0.6) is 0 Å². The summed E-state index contributed by atoms with van der Waals surface area (Å²) in [6, 6.07) is 11.2. The van der Waals surface area contributed by atoms with Gasteiger partial charge in [-0.25, -0.2) is 9.97 Å². The lowest BCUT2D eigenvalue weighted by molar-refractivity contribution is 0.797. The molecule has 5 rings (SSSR count). The van der Waals surface area contributed by atoms with Crippen molar-refractivity contribution in [2.24, 2.45) is 0 Å². The van der Waals surface area contributed by atoms with Crippen molar-refractivity contribution in [1.82, 2.24) is 14.4 Å². The van der Waals surface area contributed by atoms with E-state index in [1.165, 1.54) is 36.3 Å². The summed E-state index contributed by atoms with van der Waals surface area (Å²) in [5, 5.41) is 4.19. The van der Waals surface area contributed by atoms with Gasteiger partial charge in [-0.3, -0.25) is 4.40 Å². The maximum Gasteiger partial charge on any atom is 0.180 e. The van der Waals surface area contributed by atoms with E-state index in [-0.39, 0.29) is 0 Å². The molecule has 24 heavy (non-hydrogen) atoms. The lowest BCUT2D eigenvalue weighted by atomic mass is 10.1. The van der Waals surface area contributed by atoms with Gasteiger partial charge in [0.05, 0.1) is 11.9 Å². The minimum atomic E-state index is 0.465. The molecule has 2 aromatic heterocycles. The first kappa shape index (κ1) is 14.3. The number of benzene rings is 1. The number of anilines is 1. The molecule has 0 radical (unpaired) electrons. The fourth-order valence-electron chi connectivity index (χ4n) is 3.69. The van der Waals surface area contributed by atoms with Crippen LogP contribution in [0.3, 0.4) is 0 Å². The summed E-state index contributed by atoms with van der Waals surface area (Å²) in [5.74, 6) is 2.76. The number of thioether (sulfide) groups is 1. The van der Waals surface area contributed by atoms with Gasteiger partial charge in [0.15, 0.2) is 11.5 Å². The minimum absolute atomic E-state index is 0.465. The monoisotopic (exact) mass is 336 g/mol. The van der Waals surface area contributed by atoms with Gasteiger partial charge in [-0.1, -0.05) is 30.3 Å². The molecule has 1 saturated carbocycles. The van der Waals surface area contributed by atoms with Crippen LogP contribution in [0, 0.1) is 0 Å². The van der Waals surface area contributed by atoms with Crippen LogP contribution in [0.25, 0.3) is 5.65 Å². The molecule has 1 aliphatic carbocycles. The SMILES string of the molecule is c1ccc([C@@H]2C[C@H]2Nc2nccn3c([C@@H]4CCCS4)cnc23)cc1. The van der Waals surface area contributed by atoms with Crippen LogP contribution < -0.4 is 5.32 Å². The minimum Gasteiger partial charge on any atom is -0.364 e. The molecule has 5 heteroatoms. The van der Waals surface area contributed by atoms with Gasteiger partial charge in [-0.2, -0.15) is 11.8 Å². The smallest absolute Gasteiger partial charge is 0.180 e. The highest BCUT2D eigenvalue weighted by molar-refractivity contribution is 7.99. The van der Waals surface area contributed by atoms with Gasteiger partial charge < -0.3 is 5.32 Å². The lowest BCUT2D eigenvalue weighted by Gasteiger charge is -2.10. The number of nitrogens with zero attached hydrogens (tertiary/aromatic N) is 3. The number of imidazole rings is 1. The highest BCUT2D eigenvalue weighted by Gasteiger charge is 2.39. The van der Waals surface area contributed by atoms with Gasteiger partial charge in [-0.15, -0.1) is 0 Å². The third-order valence-corrected chi connectivity index (χ3v) is 6.46. The Balaban J connectivity index is 1.40. The molecule has 0 bridgehead atoms. The summed E-state index contributed by atoms with van der Waals surface area (Å²) in [5.41, 5.74) is 3.68. The second-order valence-electron chi connectivity index (χ2n) is 6.66. The first-order valence-corrected chi connectivity index (χ1v) is 9.70. The van der Waals surface area contributed by atoms with Crippen LogP contribution in [0.4, 0.5) is 5.82 Å². The van der Waals surface area contributed by atoms with Gasteiger partial charge >= 0.3 is 0 Å². The predicted octanol–water partition coefficient (Wildman–Crippen LogP) is 4.27. The standard InChI is InChI=1S/C19H20N4S/c1-2-5-13(6-3-1)14-11-15(14)22-18-19-21-12-16(17-7-4-10-24-17)23(19)9-8-20-18/h1-3,5-6,8-9,12,14-15,17H,4,7,10-11H2,(H,20,22)/t14-,15+,17-/m0/s1. The van der Waals surface area contributed by atoms with Crippen molar-refractivity contribution < 1.29 is 0 Å². The fourth-order valence-corrected chi connectivity index (χ4v) is 4.98. The molecule has 122 valence electrons. The van der Waals surface area contributed by atoms with Crippen LogP contribution in [0.15, 0.2) is 48.9 Å². The molecule has 3 heterocycles. The molecule has 3 aromatic rings. The summed E-state index contributed by atoms with van der Waals surface area (Å²) >= 11 is 2.04. The lowest BCUT2D eigenvalue weighted by Crippen LogP contribution is -2.08. The second-order valence-corrected chi connectivity index (χ2v) is 7.97. The first-order valence-electron chi connectivity index (χ1n) is 8.65. The van der Waals surface area contributed by atoms with Gasteiger partial charge in [0.1, 0.15) is 0 Å². The van der Waals surface area contributed by atoms with Crippen LogP contribution in [-0.4, -0.2) is 26.2 Å². The molecular formula is C19H20N4S. The summed E-state index contributed by atoms with van der Waals surface area (Å²) in [7, 11) is 0. The molecule has 0 unspecified atom stereocenters. The van der Waals surface area contributed by atoms with Crippen LogP contribution in [0.1, 0.15) is 41.7 Å². The van der Waals surface area contributed by atoms with E-state index in [0.717, 1.165) is 11.5 Å². The Kier molecular flexibility index (Phi) is 3.47. The Morgan fingerprint density at radius 1 is 1.17 bits per heavy atom. The van der Waals surface area contributed by atoms with Gasteiger partial charge in [0.2, 0.25) is 0 Å². The second kappa shape index (κ2) is 5.81. The van der Waals surface area contributed by atoms with E-state index in [0.29, 0.717) is 17.2 Å². The van der Waals surface area contributed by atoms with E-state index in [4.69, 9.17) is 0 Å². The Bertz CT molecular complexity index is 854. The van der Waals surface area contributed by atoms with Crippen molar-refractivity contribution in [3.05, 3.63) is 60.2 Å². The van der Waals surface area contributed by atoms with Crippen molar-refractivity contribution >= 4 is 23.2 Å². The zero-order valence-corrected chi connectivity index (χ0v) is 14.2. The van der Waals surface area contributed by atoms with Crippen molar-refractivity contribution in [2.75, 3.05) is 11.1 Å².